The van der Waals surface area contributed by atoms with Crippen LogP contribution in [0.25, 0.3) is 0 Å². The summed E-state index contributed by atoms with van der Waals surface area (Å²) in [5.41, 5.74) is 0. The molecule has 0 spiro atoms. The Kier molecular flexibility index (Phi) is 8.64. The third-order valence-corrected chi connectivity index (χ3v) is 2.11. The average Bonchev–Trinajstić information content (AvgIpc) is 2.17. The van der Waals surface area contributed by atoms with E-state index in [-0.39, 0.29) is 12.5 Å². The highest BCUT2D eigenvalue weighted by Crippen LogP contribution is 1.94. The van der Waals surface area contributed by atoms with Gasteiger partial charge in [0, 0.05) is 12.3 Å². The number of amides is 1. The fraction of sp³-hybridized carbons (Fsp3) is 0.750. The van der Waals surface area contributed by atoms with Gasteiger partial charge >= 0.3 is 5.97 Å². The number of carboxylic acid groups (broad SMARTS) is 1. The van der Waals surface area contributed by atoms with E-state index < -0.39 is 12.0 Å². The Bertz CT molecular complexity index is 214. The first-order valence-corrected chi connectivity index (χ1v) is 5.83. The second-order valence-corrected chi connectivity index (χ2v) is 3.77. The van der Waals surface area contributed by atoms with Gasteiger partial charge in [-0.15, -0.1) is 0 Å². The molecule has 3 N–H and O–H groups in total. The van der Waals surface area contributed by atoms with Crippen LogP contribution in [0, 0.1) is 0 Å². The number of aliphatic carboxylic acids is 1. The predicted octanol–water partition coefficient (Wildman–Crippen LogP) is -0.605. The maximum Gasteiger partial charge on any atom is 0.326 e. The Balaban J connectivity index is 3.84. The lowest BCUT2D eigenvalue weighted by Crippen LogP contribution is -2.45. The van der Waals surface area contributed by atoms with Gasteiger partial charge in [-0.3, -0.25) is 4.79 Å². The van der Waals surface area contributed by atoms with Crippen LogP contribution in [0.1, 0.15) is 6.42 Å². The van der Waals surface area contributed by atoms with E-state index in [1.165, 1.54) is 0 Å². The SMILES string of the molecule is O=C(CNCCS)NC(CCS)C(=O)O. The van der Waals surface area contributed by atoms with E-state index in [9.17, 15) is 9.59 Å². The number of hydrogen-bond donors (Lipinski definition) is 5. The minimum absolute atomic E-state index is 0.108. The van der Waals surface area contributed by atoms with Gasteiger partial charge in [0.05, 0.1) is 6.54 Å². The van der Waals surface area contributed by atoms with E-state index >= 15 is 0 Å². The molecule has 0 rings (SSSR count). The van der Waals surface area contributed by atoms with Crippen LogP contribution in [0.4, 0.5) is 0 Å². The molecule has 0 saturated carbocycles. The Hall–Kier alpha value is -0.400. The fourth-order valence-corrected chi connectivity index (χ4v) is 1.33. The number of carbonyl (C=O) groups excluding carboxylic acids is 1. The van der Waals surface area contributed by atoms with Crippen LogP contribution in [0.3, 0.4) is 0 Å². The number of carbonyl (C=O) groups is 2. The third-order valence-electron chi connectivity index (χ3n) is 1.63. The van der Waals surface area contributed by atoms with Crippen molar-refractivity contribution in [3.63, 3.8) is 0 Å². The van der Waals surface area contributed by atoms with Crippen molar-refractivity contribution < 1.29 is 14.7 Å². The first kappa shape index (κ1) is 14.6. The summed E-state index contributed by atoms with van der Waals surface area (Å²) in [5, 5.41) is 14.0. The summed E-state index contributed by atoms with van der Waals surface area (Å²) < 4.78 is 0. The van der Waals surface area contributed by atoms with Gasteiger partial charge in [-0.2, -0.15) is 25.3 Å². The van der Waals surface area contributed by atoms with Gasteiger partial charge in [0.2, 0.25) is 5.91 Å². The molecule has 15 heavy (non-hydrogen) atoms. The molecule has 1 unspecified atom stereocenters. The van der Waals surface area contributed by atoms with Crippen molar-refractivity contribution in [2.24, 2.45) is 0 Å². The lowest BCUT2D eigenvalue weighted by atomic mass is 10.2. The van der Waals surface area contributed by atoms with E-state index in [0.29, 0.717) is 24.5 Å². The highest BCUT2D eigenvalue weighted by molar-refractivity contribution is 7.80. The Morgan fingerprint density at radius 2 is 1.93 bits per heavy atom. The first-order chi connectivity index (χ1) is 7.11. The van der Waals surface area contributed by atoms with Crippen LogP contribution in [-0.2, 0) is 9.59 Å². The molecule has 0 aliphatic rings. The molecule has 0 bridgehead atoms. The summed E-state index contributed by atoms with van der Waals surface area (Å²) in [6.45, 7) is 0.720. The summed E-state index contributed by atoms with van der Waals surface area (Å²) >= 11 is 7.88. The van der Waals surface area contributed by atoms with Crippen molar-refractivity contribution in [1.82, 2.24) is 10.6 Å². The standard InChI is InChI=1S/C8H16N2O3S2/c11-7(5-9-2-4-15)10-6(1-3-14)8(12)13/h6,9,14-15H,1-5H2,(H,10,11)(H,12,13). The monoisotopic (exact) mass is 252 g/mol. The molecular weight excluding hydrogens is 236 g/mol. The highest BCUT2D eigenvalue weighted by Gasteiger charge is 2.18. The topological polar surface area (TPSA) is 78.4 Å². The zero-order valence-electron chi connectivity index (χ0n) is 8.27. The molecular formula is C8H16N2O3S2. The Morgan fingerprint density at radius 1 is 1.27 bits per heavy atom. The zero-order valence-corrected chi connectivity index (χ0v) is 10.1. The molecule has 0 aromatic rings. The molecule has 0 aromatic heterocycles. The van der Waals surface area contributed by atoms with E-state index in [1.807, 2.05) is 0 Å². The minimum atomic E-state index is -1.04. The van der Waals surface area contributed by atoms with E-state index in [0.717, 1.165) is 0 Å². The van der Waals surface area contributed by atoms with E-state index in [1.54, 1.807) is 0 Å². The second-order valence-electron chi connectivity index (χ2n) is 2.87. The second kappa shape index (κ2) is 8.87. The molecule has 1 amide bonds. The van der Waals surface area contributed by atoms with Crippen LogP contribution in [0.15, 0.2) is 0 Å². The van der Waals surface area contributed by atoms with Crippen LogP contribution >= 0.6 is 25.3 Å². The third kappa shape index (κ3) is 7.52. The van der Waals surface area contributed by atoms with Crippen molar-refractivity contribution in [2.45, 2.75) is 12.5 Å². The van der Waals surface area contributed by atoms with E-state index in [4.69, 9.17) is 5.11 Å². The highest BCUT2D eigenvalue weighted by atomic mass is 32.1. The molecule has 5 nitrogen and oxygen atoms in total. The largest absolute Gasteiger partial charge is 0.480 e. The van der Waals surface area contributed by atoms with Crippen LogP contribution in [0.5, 0.6) is 0 Å². The molecule has 0 aromatic carbocycles. The summed E-state index contributed by atoms with van der Waals surface area (Å²) in [4.78, 5) is 21.9. The van der Waals surface area contributed by atoms with Gasteiger partial charge in [-0.1, -0.05) is 0 Å². The number of thiol groups is 2. The minimum Gasteiger partial charge on any atom is -0.480 e. The Labute approximate surface area is 99.8 Å². The molecule has 1 atom stereocenters. The van der Waals surface area contributed by atoms with Crippen molar-refractivity contribution in [3.05, 3.63) is 0 Å². The predicted molar refractivity (Wildman–Crippen MR) is 64.8 cm³/mol. The Morgan fingerprint density at radius 3 is 2.40 bits per heavy atom. The van der Waals surface area contributed by atoms with Crippen molar-refractivity contribution in [3.8, 4) is 0 Å². The van der Waals surface area contributed by atoms with Gasteiger partial charge in [0.25, 0.3) is 0 Å². The molecule has 88 valence electrons. The van der Waals surface area contributed by atoms with Gasteiger partial charge in [0.1, 0.15) is 6.04 Å². The number of rotatable bonds is 8. The molecule has 0 saturated heterocycles. The molecule has 0 radical (unpaired) electrons. The normalized spacial score (nSPS) is 12.1. The van der Waals surface area contributed by atoms with Crippen molar-refractivity contribution >= 4 is 37.1 Å². The molecule has 7 heteroatoms. The summed E-state index contributed by atoms with van der Waals surface area (Å²) in [7, 11) is 0. The number of carboxylic acids is 1. The lowest BCUT2D eigenvalue weighted by Gasteiger charge is -2.13. The summed E-state index contributed by atoms with van der Waals surface area (Å²) in [6, 6.07) is -0.854. The number of nitrogens with one attached hydrogen (secondary N) is 2. The van der Waals surface area contributed by atoms with Crippen molar-refractivity contribution in [1.29, 1.82) is 0 Å². The molecule has 0 aliphatic carbocycles. The zero-order chi connectivity index (χ0) is 11.7. The summed E-state index contributed by atoms with van der Waals surface area (Å²) in [5.74, 6) is -0.314. The van der Waals surface area contributed by atoms with Gasteiger partial charge in [0.15, 0.2) is 0 Å². The van der Waals surface area contributed by atoms with Gasteiger partial charge < -0.3 is 15.7 Å². The quantitative estimate of drug-likeness (QED) is 0.295. The summed E-state index contributed by atoms with van der Waals surface area (Å²) in [6.07, 6.45) is 0.316. The van der Waals surface area contributed by atoms with Crippen LogP contribution < -0.4 is 10.6 Å². The molecule has 0 fully saturated rings. The molecule has 0 aliphatic heterocycles. The first-order valence-electron chi connectivity index (χ1n) is 4.56. The van der Waals surface area contributed by atoms with Crippen LogP contribution in [-0.4, -0.2) is 47.6 Å². The van der Waals surface area contributed by atoms with Crippen molar-refractivity contribution in [2.75, 3.05) is 24.6 Å². The molecule has 0 heterocycles. The van der Waals surface area contributed by atoms with Gasteiger partial charge in [-0.25, -0.2) is 4.79 Å². The average molecular weight is 252 g/mol. The maximum atomic E-state index is 11.2. The number of hydrogen-bond acceptors (Lipinski definition) is 5. The van der Waals surface area contributed by atoms with E-state index in [2.05, 4.69) is 35.9 Å². The van der Waals surface area contributed by atoms with Gasteiger partial charge in [-0.05, 0) is 12.2 Å². The lowest BCUT2D eigenvalue weighted by molar-refractivity contribution is -0.141. The smallest absolute Gasteiger partial charge is 0.326 e. The fourth-order valence-electron chi connectivity index (χ4n) is 0.913. The van der Waals surface area contributed by atoms with Crippen LogP contribution in [0.2, 0.25) is 0 Å². The maximum absolute atomic E-state index is 11.2.